The van der Waals surface area contributed by atoms with Crippen molar-refractivity contribution >= 4 is 17.3 Å². The molecule has 0 N–H and O–H groups in total. The molecule has 0 radical (unpaired) electrons. The van der Waals surface area contributed by atoms with Crippen LogP contribution in [0.1, 0.15) is 27.0 Å². The number of ether oxygens (including phenoxy) is 2. The van der Waals surface area contributed by atoms with Crippen LogP contribution in [0.5, 0.6) is 5.75 Å². The molecule has 0 atom stereocenters. The van der Waals surface area contributed by atoms with Crippen LogP contribution in [0.15, 0.2) is 64.5 Å². The molecule has 8 heteroatoms. The van der Waals surface area contributed by atoms with E-state index in [1.165, 1.54) is 0 Å². The van der Waals surface area contributed by atoms with Gasteiger partial charge in [0.15, 0.2) is 6.61 Å². The lowest BCUT2D eigenvalue weighted by Gasteiger charge is -2.06. The van der Waals surface area contributed by atoms with Crippen LogP contribution in [-0.2, 0) is 18.0 Å². The highest BCUT2D eigenvalue weighted by Crippen LogP contribution is 2.18. The fraction of sp³-hybridized carbons (Fsp3) is 0.143. The van der Waals surface area contributed by atoms with Gasteiger partial charge in [0.25, 0.3) is 5.89 Å². The van der Waals surface area contributed by atoms with Gasteiger partial charge in [-0.1, -0.05) is 41.6 Å². The summed E-state index contributed by atoms with van der Waals surface area (Å²) in [5.41, 5.74) is 2.06. The second-order valence-corrected chi connectivity index (χ2v) is 7.19. The minimum absolute atomic E-state index is 0.109. The van der Waals surface area contributed by atoms with Crippen molar-refractivity contribution in [2.24, 2.45) is 0 Å². The van der Waals surface area contributed by atoms with E-state index in [0.29, 0.717) is 23.7 Å². The summed E-state index contributed by atoms with van der Waals surface area (Å²) in [6.07, 6.45) is 0. The summed E-state index contributed by atoms with van der Waals surface area (Å²) in [6.45, 7) is 2.17. The molecule has 0 aliphatic carbocycles. The van der Waals surface area contributed by atoms with Gasteiger partial charge in [-0.15, -0.1) is 11.3 Å². The van der Waals surface area contributed by atoms with Crippen molar-refractivity contribution in [1.82, 2.24) is 15.1 Å². The molecule has 2 aromatic carbocycles. The Morgan fingerprint density at radius 2 is 1.93 bits per heavy atom. The quantitative estimate of drug-likeness (QED) is 0.419. The van der Waals surface area contributed by atoms with Crippen LogP contribution in [0.4, 0.5) is 0 Å². The third-order valence-electron chi connectivity index (χ3n) is 3.95. The van der Waals surface area contributed by atoms with Gasteiger partial charge in [-0.05, 0) is 25.1 Å². The topological polar surface area (TPSA) is 87.3 Å². The number of hydrogen-bond donors (Lipinski definition) is 0. The molecule has 2 heterocycles. The molecule has 7 nitrogen and oxygen atoms in total. The average Bonchev–Trinajstić information content (AvgIpc) is 3.40. The Kier molecular flexibility index (Phi) is 5.62. The van der Waals surface area contributed by atoms with Gasteiger partial charge in [-0.25, -0.2) is 9.78 Å². The Labute approximate surface area is 170 Å². The Hall–Kier alpha value is -3.52. The molecule has 4 aromatic rings. The van der Waals surface area contributed by atoms with Crippen LogP contribution in [0.25, 0.3) is 11.4 Å². The molecule has 0 saturated carbocycles. The van der Waals surface area contributed by atoms with Gasteiger partial charge in [0.1, 0.15) is 12.4 Å². The first-order chi connectivity index (χ1) is 14.2. The van der Waals surface area contributed by atoms with E-state index >= 15 is 0 Å². The highest BCUT2D eigenvalue weighted by atomic mass is 32.1. The minimum Gasteiger partial charge on any atom is -0.487 e. The largest absolute Gasteiger partial charge is 0.487 e. The lowest BCUT2D eigenvalue weighted by Crippen LogP contribution is -2.06. The number of aryl methyl sites for hydroxylation is 1. The molecule has 0 fully saturated rings. The first-order valence-electron chi connectivity index (χ1n) is 8.86. The van der Waals surface area contributed by atoms with E-state index in [1.807, 2.05) is 42.6 Å². The molecular formula is C21H17N3O4S. The molecular weight excluding hydrogens is 390 g/mol. The maximum absolute atomic E-state index is 12.3. The van der Waals surface area contributed by atoms with E-state index in [4.69, 9.17) is 14.0 Å². The van der Waals surface area contributed by atoms with Gasteiger partial charge in [-0.2, -0.15) is 4.98 Å². The van der Waals surface area contributed by atoms with Crippen LogP contribution in [0.2, 0.25) is 0 Å². The fourth-order valence-electron chi connectivity index (χ4n) is 2.57. The van der Waals surface area contributed by atoms with E-state index in [0.717, 1.165) is 16.3 Å². The molecule has 2 aromatic heterocycles. The summed E-state index contributed by atoms with van der Waals surface area (Å²) in [5.74, 6) is 0.738. The molecule has 0 amide bonds. The second kappa shape index (κ2) is 8.66. The van der Waals surface area contributed by atoms with Gasteiger partial charge in [0, 0.05) is 10.9 Å². The fourth-order valence-corrected chi connectivity index (χ4v) is 3.17. The number of carbonyl (C=O) groups excluding carboxylic acids is 1. The maximum Gasteiger partial charge on any atom is 0.338 e. The number of rotatable bonds is 7. The molecule has 4 rings (SSSR count). The molecule has 0 spiro atoms. The summed E-state index contributed by atoms with van der Waals surface area (Å²) >= 11 is 1.57. The Morgan fingerprint density at radius 1 is 1.07 bits per heavy atom. The van der Waals surface area contributed by atoms with E-state index in [1.54, 1.807) is 35.6 Å². The molecule has 29 heavy (non-hydrogen) atoms. The molecule has 146 valence electrons. The molecule has 0 aliphatic heterocycles. The van der Waals surface area contributed by atoms with E-state index in [-0.39, 0.29) is 12.5 Å². The van der Waals surface area contributed by atoms with Crippen molar-refractivity contribution in [3.05, 3.63) is 82.1 Å². The van der Waals surface area contributed by atoms with Crippen LogP contribution in [-0.4, -0.2) is 21.1 Å². The van der Waals surface area contributed by atoms with Crippen LogP contribution in [0.3, 0.4) is 0 Å². The third kappa shape index (κ3) is 4.85. The van der Waals surface area contributed by atoms with Crippen molar-refractivity contribution in [2.75, 3.05) is 0 Å². The zero-order chi connectivity index (χ0) is 20.1. The summed E-state index contributed by atoms with van der Waals surface area (Å²) in [5, 5.41) is 6.83. The van der Waals surface area contributed by atoms with Gasteiger partial charge in [-0.3, -0.25) is 0 Å². The summed E-state index contributed by atoms with van der Waals surface area (Å²) in [4.78, 5) is 20.9. The number of esters is 1. The van der Waals surface area contributed by atoms with Gasteiger partial charge in [0.2, 0.25) is 5.82 Å². The number of carbonyl (C=O) groups is 1. The smallest absolute Gasteiger partial charge is 0.338 e. The SMILES string of the molecule is Cc1nc(COc2cccc(C(=O)OCc3nc(-c4ccccc4)no3)c2)cs1. The van der Waals surface area contributed by atoms with Crippen molar-refractivity contribution in [1.29, 1.82) is 0 Å². The normalized spacial score (nSPS) is 10.7. The molecule has 0 bridgehead atoms. The highest BCUT2D eigenvalue weighted by molar-refractivity contribution is 7.09. The zero-order valence-electron chi connectivity index (χ0n) is 15.6. The summed E-state index contributed by atoms with van der Waals surface area (Å²) in [6, 6.07) is 16.2. The predicted molar refractivity (Wildman–Crippen MR) is 106 cm³/mol. The average molecular weight is 407 g/mol. The monoisotopic (exact) mass is 407 g/mol. The number of thiazole rings is 1. The first kappa shape index (κ1) is 18.8. The van der Waals surface area contributed by atoms with E-state index in [2.05, 4.69) is 15.1 Å². The maximum atomic E-state index is 12.3. The van der Waals surface area contributed by atoms with Gasteiger partial charge < -0.3 is 14.0 Å². The minimum atomic E-state index is -0.501. The van der Waals surface area contributed by atoms with Crippen LogP contribution in [0, 0.1) is 6.92 Å². The van der Waals surface area contributed by atoms with Gasteiger partial charge in [0.05, 0.1) is 16.3 Å². The Bertz CT molecular complexity index is 1110. The van der Waals surface area contributed by atoms with Gasteiger partial charge >= 0.3 is 5.97 Å². The van der Waals surface area contributed by atoms with Crippen molar-refractivity contribution in [3.63, 3.8) is 0 Å². The number of benzene rings is 2. The third-order valence-corrected chi connectivity index (χ3v) is 4.77. The lowest BCUT2D eigenvalue weighted by atomic mass is 10.2. The standard InChI is InChI=1S/C21H17N3O4S/c1-14-22-17(13-29-14)11-26-18-9-5-8-16(10-18)21(25)27-12-19-23-20(24-28-19)15-6-3-2-4-7-15/h2-10,13H,11-12H2,1H3. The molecule has 0 aliphatic rings. The highest BCUT2D eigenvalue weighted by Gasteiger charge is 2.13. The van der Waals surface area contributed by atoms with Crippen molar-refractivity contribution < 1.29 is 18.8 Å². The number of hydrogen-bond acceptors (Lipinski definition) is 8. The Balaban J connectivity index is 1.34. The van der Waals surface area contributed by atoms with E-state index in [9.17, 15) is 4.79 Å². The molecule has 0 unspecified atom stereocenters. The lowest BCUT2D eigenvalue weighted by molar-refractivity contribution is 0.0429. The van der Waals surface area contributed by atoms with Crippen molar-refractivity contribution in [3.8, 4) is 17.1 Å². The van der Waals surface area contributed by atoms with E-state index < -0.39 is 5.97 Å². The Morgan fingerprint density at radius 3 is 2.72 bits per heavy atom. The first-order valence-corrected chi connectivity index (χ1v) is 9.74. The summed E-state index contributed by atoms with van der Waals surface area (Å²) in [7, 11) is 0. The number of nitrogens with zero attached hydrogens (tertiary/aromatic N) is 3. The van der Waals surface area contributed by atoms with Crippen LogP contribution < -0.4 is 4.74 Å². The van der Waals surface area contributed by atoms with Crippen LogP contribution >= 0.6 is 11.3 Å². The van der Waals surface area contributed by atoms with Crippen molar-refractivity contribution in [2.45, 2.75) is 20.1 Å². The zero-order valence-corrected chi connectivity index (χ0v) is 16.4. The predicted octanol–water partition coefficient (Wildman–Crippen LogP) is 4.44. The second-order valence-electron chi connectivity index (χ2n) is 6.13. The molecule has 0 saturated heterocycles. The summed E-state index contributed by atoms with van der Waals surface area (Å²) < 4.78 is 16.1. The number of aromatic nitrogens is 3.